The molecule has 32 heavy (non-hydrogen) atoms. The minimum Gasteiger partial charge on any atom is -0.349 e. The number of carbonyl (C=O) groups is 1. The van der Waals surface area contributed by atoms with Crippen molar-refractivity contribution in [3.05, 3.63) is 69.0 Å². The molecule has 4 aromatic rings. The maximum atomic E-state index is 13.5. The Morgan fingerprint density at radius 1 is 1.12 bits per heavy atom. The number of thioether (sulfide) groups is 1. The lowest BCUT2D eigenvalue weighted by atomic mass is 10.2. The molecule has 1 N–H and O–H groups in total. The van der Waals surface area contributed by atoms with Crippen LogP contribution in [0.1, 0.15) is 12.8 Å². The van der Waals surface area contributed by atoms with Gasteiger partial charge in [-0.2, -0.15) is 0 Å². The molecular formula is C22H19N5O4S. The summed E-state index contributed by atoms with van der Waals surface area (Å²) in [6, 6.07) is 13.2. The average molecular weight is 449 g/mol. The normalized spacial score (nSPS) is 13.8. The number of nitrogens with one attached hydrogen (secondary N) is 1. The van der Waals surface area contributed by atoms with Crippen LogP contribution in [-0.4, -0.2) is 49.1 Å². The molecule has 10 heteroatoms. The summed E-state index contributed by atoms with van der Waals surface area (Å²) < 4.78 is 1.41. The molecule has 1 fully saturated rings. The maximum absolute atomic E-state index is 13.5. The first-order chi connectivity index (χ1) is 15.5. The number of rotatable bonds is 5. The molecule has 2 aromatic heterocycles. The Morgan fingerprint density at radius 2 is 1.84 bits per heavy atom. The number of fused-ring (bicyclic) bond motifs is 3. The van der Waals surface area contributed by atoms with Crippen molar-refractivity contribution < 1.29 is 9.72 Å². The van der Waals surface area contributed by atoms with Crippen molar-refractivity contribution in [1.82, 2.24) is 19.4 Å². The van der Waals surface area contributed by atoms with Crippen molar-refractivity contribution >= 4 is 45.3 Å². The van der Waals surface area contributed by atoms with Crippen molar-refractivity contribution in [3.63, 3.8) is 0 Å². The summed E-state index contributed by atoms with van der Waals surface area (Å²) >= 11 is 1.20. The van der Waals surface area contributed by atoms with Crippen LogP contribution in [-0.2, 0) is 4.79 Å². The summed E-state index contributed by atoms with van der Waals surface area (Å²) in [6.45, 7) is 1.51. The molecule has 9 nitrogen and oxygen atoms in total. The fourth-order valence-electron chi connectivity index (χ4n) is 3.97. The maximum Gasteiger partial charge on any atom is 0.283 e. The van der Waals surface area contributed by atoms with E-state index in [1.807, 2.05) is 29.2 Å². The standard InChI is InChI=1S/C22H19N5O4S/c28-18(25-11-3-4-12-25)13-32-22-24-19-16-5-1-2-6-17(16)23-20(19)21(29)26(22)14-7-9-15(10-8-14)27(30)31/h1-2,5-10,23H,3-4,11-13H2. The zero-order valence-corrected chi connectivity index (χ0v) is 17.8. The minimum atomic E-state index is -0.490. The molecule has 0 radical (unpaired) electrons. The third kappa shape index (κ3) is 3.52. The number of nitro groups is 1. The van der Waals surface area contributed by atoms with Crippen LogP contribution in [0, 0.1) is 10.1 Å². The molecular weight excluding hydrogens is 430 g/mol. The number of benzene rings is 2. The molecule has 1 aliphatic rings. The zero-order chi connectivity index (χ0) is 22.2. The number of likely N-dealkylation sites (tertiary alicyclic amines) is 1. The van der Waals surface area contributed by atoms with Gasteiger partial charge in [-0.1, -0.05) is 30.0 Å². The number of non-ortho nitro benzene ring substituents is 1. The van der Waals surface area contributed by atoms with Crippen LogP contribution in [0.5, 0.6) is 0 Å². The highest BCUT2D eigenvalue weighted by molar-refractivity contribution is 7.99. The Kier molecular flexibility index (Phi) is 5.14. The number of H-pyrrole nitrogens is 1. The third-order valence-corrected chi connectivity index (χ3v) is 6.52. The second kappa shape index (κ2) is 8.12. The highest BCUT2D eigenvalue weighted by Gasteiger charge is 2.21. The summed E-state index contributed by atoms with van der Waals surface area (Å²) in [5.74, 6) is 0.170. The van der Waals surface area contributed by atoms with Crippen molar-refractivity contribution in [2.45, 2.75) is 18.0 Å². The number of aromatic amines is 1. The number of nitrogens with zero attached hydrogens (tertiary/aromatic N) is 4. The second-order valence-electron chi connectivity index (χ2n) is 7.58. The van der Waals surface area contributed by atoms with Crippen molar-refractivity contribution in [1.29, 1.82) is 0 Å². The quantitative estimate of drug-likeness (QED) is 0.216. The molecule has 0 atom stereocenters. The van der Waals surface area contributed by atoms with Gasteiger partial charge in [-0.3, -0.25) is 24.3 Å². The smallest absolute Gasteiger partial charge is 0.283 e. The van der Waals surface area contributed by atoms with Gasteiger partial charge >= 0.3 is 0 Å². The predicted molar refractivity (Wildman–Crippen MR) is 122 cm³/mol. The van der Waals surface area contributed by atoms with E-state index in [1.54, 1.807) is 0 Å². The van der Waals surface area contributed by atoms with E-state index in [0.29, 0.717) is 21.9 Å². The number of hydrogen-bond acceptors (Lipinski definition) is 6. The first-order valence-electron chi connectivity index (χ1n) is 10.2. The fraction of sp³-hybridized carbons (Fsp3) is 0.227. The van der Waals surface area contributed by atoms with Crippen LogP contribution in [0.4, 0.5) is 5.69 Å². The molecule has 5 rings (SSSR count). The third-order valence-electron chi connectivity index (χ3n) is 5.60. The van der Waals surface area contributed by atoms with Gasteiger partial charge in [-0.05, 0) is 31.0 Å². The van der Waals surface area contributed by atoms with Crippen molar-refractivity contribution in [3.8, 4) is 5.69 Å². The summed E-state index contributed by atoms with van der Waals surface area (Å²) in [6.07, 6.45) is 2.01. The summed E-state index contributed by atoms with van der Waals surface area (Å²) in [7, 11) is 0. The molecule has 0 bridgehead atoms. The largest absolute Gasteiger partial charge is 0.349 e. The van der Waals surface area contributed by atoms with Gasteiger partial charge in [0.15, 0.2) is 5.16 Å². The molecule has 0 aliphatic carbocycles. The number of hydrogen-bond donors (Lipinski definition) is 1. The molecule has 0 saturated carbocycles. The first-order valence-corrected chi connectivity index (χ1v) is 11.2. The highest BCUT2D eigenvalue weighted by Crippen LogP contribution is 2.27. The lowest BCUT2D eigenvalue weighted by molar-refractivity contribution is -0.384. The summed E-state index contributed by atoms with van der Waals surface area (Å²) in [5, 5.41) is 12.2. The molecule has 2 aromatic carbocycles. The van der Waals surface area contributed by atoms with Crippen LogP contribution in [0.25, 0.3) is 27.6 Å². The molecule has 1 amide bonds. The SMILES string of the molecule is O=C(CSc1nc2c([nH]c3ccccc32)c(=O)n1-c1ccc([N+](=O)[O-])cc1)N1CCCC1. The Labute approximate surface area is 186 Å². The van der Waals surface area contributed by atoms with Gasteiger partial charge in [0.05, 0.1) is 16.4 Å². The molecule has 0 spiro atoms. The Hall–Kier alpha value is -3.66. The number of carbonyl (C=O) groups excluding carboxylic acids is 1. The Bertz CT molecular complexity index is 1400. The Morgan fingerprint density at radius 3 is 2.56 bits per heavy atom. The van der Waals surface area contributed by atoms with Gasteiger partial charge < -0.3 is 9.88 Å². The summed E-state index contributed by atoms with van der Waals surface area (Å²) in [4.78, 5) is 46.3. The number of nitro benzene ring substituents is 1. The highest BCUT2D eigenvalue weighted by atomic mass is 32.2. The monoisotopic (exact) mass is 449 g/mol. The lowest BCUT2D eigenvalue weighted by Gasteiger charge is -2.16. The summed E-state index contributed by atoms with van der Waals surface area (Å²) in [5.41, 5.74) is 1.73. The van der Waals surface area contributed by atoms with Crippen molar-refractivity contribution in [2.75, 3.05) is 18.8 Å². The predicted octanol–water partition coefficient (Wildman–Crippen LogP) is 3.49. The van der Waals surface area contributed by atoms with Crippen LogP contribution in [0.3, 0.4) is 0 Å². The first kappa shape index (κ1) is 20.3. The van der Waals surface area contributed by atoms with Crippen LogP contribution in [0.15, 0.2) is 58.5 Å². The molecule has 0 unspecified atom stereocenters. The van der Waals surface area contributed by atoms with Gasteiger partial charge in [0, 0.05) is 36.1 Å². The van der Waals surface area contributed by atoms with E-state index < -0.39 is 4.92 Å². The van der Waals surface area contributed by atoms with E-state index in [-0.39, 0.29) is 22.9 Å². The Balaban J connectivity index is 1.63. The molecule has 3 heterocycles. The van der Waals surface area contributed by atoms with Crippen molar-refractivity contribution in [2.24, 2.45) is 0 Å². The second-order valence-corrected chi connectivity index (χ2v) is 8.52. The van der Waals surface area contributed by atoms with Gasteiger partial charge in [-0.25, -0.2) is 4.98 Å². The zero-order valence-electron chi connectivity index (χ0n) is 17.0. The van der Waals surface area contributed by atoms with Crippen LogP contribution < -0.4 is 5.56 Å². The fourth-order valence-corrected chi connectivity index (χ4v) is 4.88. The minimum absolute atomic E-state index is 0.0102. The van der Waals surface area contributed by atoms with Crippen LogP contribution >= 0.6 is 11.8 Å². The van der Waals surface area contributed by atoms with Gasteiger partial charge in [-0.15, -0.1) is 0 Å². The number of aromatic nitrogens is 3. The van der Waals surface area contributed by atoms with E-state index in [9.17, 15) is 19.7 Å². The van der Waals surface area contributed by atoms with E-state index >= 15 is 0 Å². The average Bonchev–Trinajstić information content (AvgIpc) is 3.46. The van der Waals surface area contributed by atoms with E-state index in [2.05, 4.69) is 4.98 Å². The van der Waals surface area contributed by atoms with Gasteiger partial charge in [0.2, 0.25) is 5.91 Å². The van der Waals surface area contributed by atoms with Gasteiger partial charge in [0.25, 0.3) is 11.2 Å². The lowest BCUT2D eigenvalue weighted by Crippen LogP contribution is -2.29. The van der Waals surface area contributed by atoms with Gasteiger partial charge in [0.1, 0.15) is 11.0 Å². The molecule has 1 aliphatic heterocycles. The van der Waals surface area contributed by atoms with E-state index in [4.69, 9.17) is 4.98 Å². The number of amides is 1. The van der Waals surface area contributed by atoms with Crippen LogP contribution in [0.2, 0.25) is 0 Å². The van der Waals surface area contributed by atoms with E-state index in [0.717, 1.165) is 36.8 Å². The molecule has 162 valence electrons. The topological polar surface area (TPSA) is 114 Å². The number of para-hydroxylation sites is 1. The molecule has 1 saturated heterocycles. The van der Waals surface area contributed by atoms with E-state index in [1.165, 1.54) is 40.6 Å².